The summed E-state index contributed by atoms with van der Waals surface area (Å²) in [5.74, 6) is 0.882. The Morgan fingerprint density at radius 3 is 3.00 bits per heavy atom. The standard InChI is InChI=1S/C9H12ClN3/c10-8-5-12-9(3-6(8)4-11)13-7-1-2-7/h3,5,7H,1-2,4,11H2,(H,12,13). The third-order valence-corrected chi connectivity index (χ3v) is 2.42. The highest BCUT2D eigenvalue weighted by molar-refractivity contribution is 6.31. The smallest absolute Gasteiger partial charge is 0.126 e. The van der Waals surface area contributed by atoms with Gasteiger partial charge in [-0.05, 0) is 24.5 Å². The van der Waals surface area contributed by atoms with Crippen LogP contribution in [0.4, 0.5) is 5.82 Å². The van der Waals surface area contributed by atoms with Crippen molar-refractivity contribution in [1.29, 1.82) is 0 Å². The average Bonchev–Trinajstić information content (AvgIpc) is 2.92. The number of nitrogens with one attached hydrogen (secondary N) is 1. The summed E-state index contributed by atoms with van der Waals surface area (Å²) in [6.45, 7) is 0.459. The van der Waals surface area contributed by atoms with Crippen LogP contribution in [0.3, 0.4) is 0 Å². The van der Waals surface area contributed by atoms with Gasteiger partial charge in [-0.1, -0.05) is 11.6 Å². The molecule has 0 aliphatic heterocycles. The molecule has 1 heterocycles. The predicted octanol–water partition coefficient (Wildman–Crippen LogP) is 1.77. The summed E-state index contributed by atoms with van der Waals surface area (Å²) in [5.41, 5.74) is 6.47. The van der Waals surface area contributed by atoms with E-state index in [1.165, 1.54) is 12.8 Å². The zero-order valence-electron chi connectivity index (χ0n) is 7.26. The summed E-state index contributed by atoms with van der Waals surface area (Å²) in [6, 6.07) is 2.53. The van der Waals surface area contributed by atoms with Gasteiger partial charge in [0.25, 0.3) is 0 Å². The molecule has 0 atom stereocenters. The van der Waals surface area contributed by atoms with E-state index in [9.17, 15) is 0 Å². The molecule has 1 fully saturated rings. The summed E-state index contributed by atoms with van der Waals surface area (Å²) in [5, 5.41) is 3.93. The lowest BCUT2D eigenvalue weighted by Gasteiger charge is -2.06. The van der Waals surface area contributed by atoms with Gasteiger partial charge in [0, 0.05) is 18.8 Å². The van der Waals surface area contributed by atoms with Crippen molar-refractivity contribution in [3.05, 3.63) is 22.8 Å². The van der Waals surface area contributed by atoms with Crippen LogP contribution in [0.15, 0.2) is 12.3 Å². The number of hydrogen-bond acceptors (Lipinski definition) is 3. The zero-order chi connectivity index (χ0) is 9.26. The molecule has 1 saturated carbocycles. The fraction of sp³-hybridized carbons (Fsp3) is 0.444. The summed E-state index contributed by atoms with van der Waals surface area (Å²) >= 11 is 5.88. The molecule has 1 aromatic rings. The van der Waals surface area contributed by atoms with Crippen LogP contribution < -0.4 is 11.1 Å². The van der Waals surface area contributed by atoms with Crippen molar-refractivity contribution in [3.8, 4) is 0 Å². The lowest BCUT2D eigenvalue weighted by molar-refractivity contribution is 1.04. The number of halogens is 1. The minimum atomic E-state index is 0.459. The van der Waals surface area contributed by atoms with E-state index in [4.69, 9.17) is 17.3 Å². The van der Waals surface area contributed by atoms with Crippen molar-refractivity contribution in [3.63, 3.8) is 0 Å². The summed E-state index contributed by atoms with van der Waals surface area (Å²) < 4.78 is 0. The topological polar surface area (TPSA) is 50.9 Å². The zero-order valence-corrected chi connectivity index (χ0v) is 8.01. The van der Waals surface area contributed by atoms with Gasteiger partial charge in [0.15, 0.2) is 0 Å². The first-order valence-corrected chi connectivity index (χ1v) is 4.78. The first kappa shape index (κ1) is 8.78. The van der Waals surface area contributed by atoms with E-state index in [0.717, 1.165) is 11.4 Å². The number of anilines is 1. The molecule has 0 amide bonds. The van der Waals surface area contributed by atoms with Gasteiger partial charge in [-0.3, -0.25) is 0 Å². The van der Waals surface area contributed by atoms with Gasteiger partial charge in [-0.2, -0.15) is 0 Å². The third-order valence-electron chi connectivity index (χ3n) is 2.08. The van der Waals surface area contributed by atoms with E-state index in [-0.39, 0.29) is 0 Å². The number of hydrogen-bond donors (Lipinski definition) is 2. The van der Waals surface area contributed by atoms with Crippen molar-refractivity contribution in [1.82, 2.24) is 4.98 Å². The van der Waals surface area contributed by atoms with E-state index in [2.05, 4.69) is 10.3 Å². The number of aromatic nitrogens is 1. The first-order valence-electron chi connectivity index (χ1n) is 4.40. The van der Waals surface area contributed by atoms with Crippen LogP contribution in [0.25, 0.3) is 0 Å². The fourth-order valence-electron chi connectivity index (χ4n) is 1.15. The van der Waals surface area contributed by atoms with E-state index in [1.54, 1.807) is 6.20 Å². The molecule has 70 valence electrons. The normalized spacial score (nSPS) is 15.8. The van der Waals surface area contributed by atoms with Crippen LogP contribution in [0.2, 0.25) is 5.02 Å². The molecule has 0 saturated heterocycles. The molecule has 4 heteroatoms. The van der Waals surface area contributed by atoms with Crippen LogP contribution >= 0.6 is 11.6 Å². The second-order valence-electron chi connectivity index (χ2n) is 3.28. The maximum absolute atomic E-state index is 5.88. The van der Waals surface area contributed by atoms with Crippen molar-refractivity contribution in [2.24, 2.45) is 5.73 Å². The van der Waals surface area contributed by atoms with Crippen molar-refractivity contribution >= 4 is 17.4 Å². The van der Waals surface area contributed by atoms with Gasteiger partial charge < -0.3 is 11.1 Å². The van der Waals surface area contributed by atoms with Gasteiger partial charge in [-0.15, -0.1) is 0 Å². The van der Waals surface area contributed by atoms with E-state index in [1.807, 2.05) is 6.07 Å². The Morgan fingerprint density at radius 2 is 2.38 bits per heavy atom. The fourth-order valence-corrected chi connectivity index (χ4v) is 1.33. The summed E-state index contributed by atoms with van der Waals surface area (Å²) in [7, 11) is 0. The first-order chi connectivity index (χ1) is 6.29. The highest BCUT2D eigenvalue weighted by Gasteiger charge is 2.21. The largest absolute Gasteiger partial charge is 0.367 e. The maximum Gasteiger partial charge on any atom is 0.126 e. The molecule has 3 nitrogen and oxygen atoms in total. The van der Waals surface area contributed by atoms with Gasteiger partial charge in [0.2, 0.25) is 0 Å². The van der Waals surface area contributed by atoms with Crippen LogP contribution in [-0.4, -0.2) is 11.0 Å². The van der Waals surface area contributed by atoms with Crippen LogP contribution in [-0.2, 0) is 6.54 Å². The van der Waals surface area contributed by atoms with Crippen LogP contribution in [0.5, 0.6) is 0 Å². The van der Waals surface area contributed by atoms with E-state index < -0.39 is 0 Å². The lowest BCUT2D eigenvalue weighted by Crippen LogP contribution is -2.05. The Labute approximate surface area is 82.3 Å². The molecule has 0 radical (unpaired) electrons. The highest BCUT2D eigenvalue weighted by Crippen LogP contribution is 2.25. The molecule has 0 aromatic carbocycles. The Balaban J connectivity index is 2.16. The summed E-state index contributed by atoms with van der Waals surface area (Å²) in [4.78, 5) is 4.17. The molecular formula is C9H12ClN3. The number of rotatable bonds is 3. The molecular weight excluding hydrogens is 186 g/mol. The molecule has 0 spiro atoms. The minimum absolute atomic E-state index is 0.459. The molecule has 2 rings (SSSR count). The maximum atomic E-state index is 5.88. The summed E-state index contributed by atoms with van der Waals surface area (Å²) in [6.07, 6.45) is 4.12. The Morgan fingerprint density at radius 1 is 1.62 bits per heavy atom. The second-order valence-corrected chi connectivity index (χ2v) is 3.69. The number of nitrogens with zero attached hydrogens (tertiary/aromatic N) is 1. The van der Waals surface area contributed by atoms with Crippen LogP contribution in [0, 0.1) is 0 Å². The molecule has 0 unspecified atom stereocenters. The monoisotopic (exact) mass is 197 g/mol. The molecule has 3 N–H and O–H groups in total. The minimum Gasteiger partial charge on any atom is -0.367 e. The quantitative estimate of drug-likeness (QED) is 0.777. The Bertz CT molecular complexity index is 310. The molecule has 0 bridgehead atoms. The highest BCUT2D eigenvalue weighted by atomic mass is 35.5. The molecule has 1 aliphatic carbocycles. The Kier molecular flexibility index (Phi) is 2.38. The number of nitrogens with two attached hydrogens (primary N) is 1. The lowest BCUT2D eigenvalue weighted by atomic mass is 10.2. The van der Waals surface area contributed by atoms with Gasteiger partial charge in [-0.25, -0.2) is 4.98 Å². The molecule has 1 aromatic heterocycles. The van der Waals surface area contributed by atoms with Gasteiger partial charge >= 0.3 is 0 Å². The molecule has 13 heavy (non-hydrogen) atoms. The number of pyridine rings is 1. The molecule has 1 aliphatic rings. The SMILES string of the molecule is NCc1cc(NC2CC2)ncc1Cl. The third kappa shape index (κ3) is 2.11. The van der Waals surface area contributed by atoms with E-state index in [0.29, 0.717) is 17.6 Å². The second kappa shape index (κ2) is 3.52. The van der Waals surface area contributed by atoms with E-state index >= 15 is 0 Å². The van der Waals surface area contributed by atoms with Crippen molar-refractivity contribution in [2.45, 2.75) is 25.4 Å². The van der Waals surface area contributed by atoms with Gasteiger partial charge in [0.05, 0.1) is 5.02 Å². The average molecular weight is 198 g/mol. The van der Waals surface area contributed by atoms with Crippen molar-refractivity contribution < 1.29 is 0 Å². The Hall–Kier alpha value is -0.800. The van der Waals surface area contributed by atoms with Crippen LogP contribution in [0.1, 0.15) is 18.4 Å². The predicted molar refractivity (Wildman–Crippen MR) is 53.8 cm³/mol. The van der Waals surface area contributed by atoms with Gasteiger partial charge in [0.1, 0.15) is 5.82 Å². The van der Waals surface area contributed by atoms with Crippen molar-refractivity contribution in [2.75, 3.05) is 5.32 Å².